The Morgan fingerprint density at radius 2 is 2.30 bits per heavy atom. The highest BCUT2D eigenvalue weighted by Gasteiger charge is 2.23. The maximum atomic E-state index is 11.6. The lowest BCUT2D eigenvalue weighted by atomic mass is 10.1. The van der Waals surface area contributed by atoms with E-state index in [1.807, 2.05) is 6.07 Å². The molecule has 0 bridgehead atoms. The van der Waals surface area contributed by atoms with Crippen molar-refractivity contribution in [3.05, 3.63) is 34.7 Å². The van der Waals surface area contributed by atoms with Gasteiger partial charge in [-0.15, -0.1) is 0 Å². The largest absolute Gasteiger partial charge is 0.479 e. The van der Waals surface area contributed by atoms with Crippen LogP contribution in [0.2, 0.25) is 0 Å². The summed E-state index contributed by atoms with van der Waals surface area (Å²) in [5, 5.41) is 12.9. The van der Waals surface area contributed by atoms with Crippen molar-refractivity contribution in [2.75, 3.05) is 5.32 Å². The number of fused-ring (bicyclic) bond motifs is 1. The fraction of sp³-hybridized carbons (Fsp3) is 0.167. The van der Waals surface area contributed by atoms with E-state index in [1.54, 1.807) is 25.1 Å². The quantitative estimate of drug-likeness (QED) is 0.496. The number of carbonyl (C=O) groups excluding carboxylic acids is 1. The average Bonchev–Trinajstić information content (AvgIpc) is 2.89. The standard InChI is InChI=1S/C12H10N6O2/c1-6-12(19)14-9-4-7(2-3-10(9)20-6)8-5-11(16-15-8)17-18-13/h2-6H,1H3,(H,14,19)(H,15,16). The van der Waals surface area contributed by atoms with Gasteiger partial charge in [0.1, 0.15) is 11.6 Å². The number of aromatic nitrogens is 2. The molecule has 1 aromatic heterocycles. The molecule has 2 aromatic rings. The van der Waals surface area contributed by atoms with Gasteiger partial charge >= 0.3 is 0 Å². The lowest BCUT2D eigenvalue weighted by molar-refractivity contribution is -0.122. The molecule has 0 radical (unpaired) electrons. The Kier molecular flexibility index (Phi) is 2.77. The van der Waals surface area contributed by atoms with Crippen molar-refractivity contribution in [1.82, 2.24) is 10.2 Å². The Bertz CT molecular complexity index is 731. The molecule has 0 fully saturated rings. The number of nitrogens with zero attached hydrogens (tertiary/aromatic N) is 4. The predicted octanol–water partition coefficient (Wildman–Crippen LogP) is 2.74. The molecule has 1 aromatic carbocycles. The molecule has 3 rings (SSSR count). The van der Waals surface area contributed by atoms with Crippen LogP contribution >= 0.6 is 0 Å². The van der Waals surface area contributed by atoms with Gasteiger partial charge in [0.25, 0.3) is 5.91 Å². The van der Waals surface area contributed by atoms with Gasteiger partial charge in [0, 0.05) is 10.5 Å². The second kappa shape index (κ2) is 4.60. The highest BCUT2D eigenvalue weighted by Crippen LogP contribution is 2.34. The monoisotopic (exact) mass is 270 g/mol. The summed E-state index contributed by atoms with van der Waals surface area (Å²) in [6.07, 6.45) is -0.504. The number of anilines is 1. The summed E-state index contributed by atoms with van der Waals surface area (Å²) in [5.74, 6) is 0.757. The first kappa shape index (κ1) is 12.1. The number of ether oxygens (including phenoxy) is 1. The Morgan fingerprint density at radius 3 is 3.10 bits per heavy atom. The minimum absolute atomic E-state index is 0.188. The van der Waals surface area contributed by atoms with E-state index in [4.69, 9.17) is 10.3 Å². The number of hydrogen-bond donors (Lipinski definition) is 2. The maximum absolute atomic E-state index is 11.6. The molecule has 0 saturated heterocycles. The number of carbonyl (C=O) groups is 1. The fourth-order valence-electron chi connectivity index (χ4n) is 1.93. The van der Waals surface area contributed by atoms with Crippen LogP contribution in [0.15, 0.2) is 29.4 Å². The molecule has 8 heteroatoms. The van der Waals surface area contributed by atoms with E-state index < -0.39 is 6.10 Å². The Labute approximate surface area is 113 Å². The smallest absolute Gasteiger partial charge is 0.265 e. The molecule has 100 valence electrons. The first-order chi connectivity index (χ1) is 9.67. The van der Waals surface area contributed by atoms with E-state index in [0.29, 0.717) is 22.9 Å². The van der Waals surface area contributed by atoms with Crippen LogP contribution in [0.25, 0.3) is 21.7 Å². The first-order valence-corrected chi connectivity index (χ1v) is 5.90. The van der Waals surface area contributed by atoms with Crippen LogP contribution in [-0.4, -0.2) is 22.2 Å². The fourth-order valence-corrected chi connectivity index (χ4v) is 1.93. The van der Waals surface area contributed by atoms with Gasteiger partial charge in [-0.1, -0.05) is 0 Å². The van der Waals surface area contributed by atoms with E-state index in [-0.39, 0.29) is 5.91 Å². The zero-order valence-electron chi connectivity index (χ0n) is 10.5. The number of rotatable bonds is 2. The SMILES string of the molecule is CC1Oc2ccc(-c3cc(N=[N+]=[N-])[nH]n3)cc2NC1=O. The van der Waals surface area contributed by atoms with Gasteiger partial charge in [0.2, 0.25) is 0 Å². The Balaban J connectivity index is 1.97. The summed E-state index contributed by atoms with van der Waals surface area (Å²) in [6, 6.07) is 6.96. The van der Waals surface area contributed by atoms with E-state index in [2.05, 4.69) is 25.5 Å². The molecule has 0 spiro atoms. The van der Waals surface area contributed by atoms with Crippen molar-refractivity contribution in [3.63, 3.8) is 0 Å². The molecular formula is C12H10N6O2. The average molecular weight is 270 g/mol. The molecule has 8 nitrogen and oxygen atoms in total. The van der Waals surface area contributed by atoms with Crippen molar-refractivity contribution in [2.24, 2.45) is 5.11 Å². The molecule has 1 amide bonds. The van der Waals surface area contributed by atoms with E-state index in [1.165, 1.54) is 0 Å². The molecule has 2 heterocycles. The summed E-state index contributed by atoms with van der Waals surface area (Å²) < 4.78 is 5.47. The van der Waals surface area contributed by atoms with Crippen LogP contribution < -0.4 is 10.1 Å². The predicted molar refractivity (Wildman–Crippen MR) is 71.5 cm³/mol. The summed E-state index contributed by atoms with van der Waals surface area (Å²) in [7, 11) is 0. The number of azide groups is 1. The summed E-state index contributed by atoms with van der Waals surface area (Å²) in [6.45, 7) is 1.69. The number of aromatic amines is 1. The minimum Gasteiger partial charge on any atom is -0.479 e. The number of nitrogens with one attached hydrogen (secondary N) is 2. The van der Waals surface area contributed by atoms with Crippen molar-refractivity contribution < 1.29 is 9.53 Å². The number of hydrogen-bond acceptors (Lipinski definition) is 4. The lowest BCUT2D eigenvalue weighted by Crippen LogP contribution is -2.34. The molecular weight excluding hydrogens is 260 g/mol. The molecule has 1 atom stereocenters. The molecule has 1 aliphatic heterocycles. The highest BCUT2D eigenvalue weighted by molar-refractivity contribution is 5.98. The zero-order valence-corrected chi connectivity index (χ0v) is 10.5. The highest BCUT2D eigenvalue weighted by atomic mass is 16.5. The van der Waals surface area contributed by atoms with Gasteiger partial charge in [-0.2, -0.15) is 5.10 Å². The number of H-pyrrole nitrogens is 1. The minimum atomic E-state index is -0.504. The Hall–Kier alpha value is -2.99. The van der Waals surface area contributed by atoms with Gasteiger partial charge < -0.3 is 10.1 Å². The van der Waals surface area contributed by atoms with Crippen molar-refractivity contribution in [2.45, 2.75) is 13.0 Å². The van der Waals surface area contributed by atoms with Crippen LogP contribution in [0.4, 0.5) is 11.5 Å². The van der Waals surface area contributed by atoms with Crippen molar-refractivity contribution in [3.8, 4) is 17.0 Å². The van der Waals surface area contributed by atoms with Gasteiger partial charge in [0.05, 0.1) is 11.4 Å². The van der Waals surface area contributed by atoms with Gasteiger partial charge in [0.15, 0.2) is 6.10 Å². The molecule has 2 N–H and O–H groups in total. The lowest BCUT2D eigenvalue weighted by Gasteiger charge is -2.23. The normalized spacial score (nSPS) is 16.6. The zero-order chi connectivity index (χ0) is 14.1. The van der Waals surface area contributed by atoms with Gasteiger partial charge in [-0.25, -0.2) is 0 Å². The molecule has 1 aliphatic rings. The van der Waals surface area contributed by atoms with E-state index in [0.717, 1.165) is 5.56 Å². The third kappa shape index (κ3) is 2.04. The van der Waals surface area contributed by atoms with Crippen LogP contribution in [-0.2, 0) is 4.79 Å². The van der Waals surface area contributed by atoms with E-state index >= 15 is 0 Å². The van der Waals surface area contributed by atoms with Crippen LogP contribution in [0, 0.1) is 0 Å². The first-order valence-electron chi connectivity index (χ1n) is 5.90. The number of amides is 1. The Morgan fingerprint density at radius 1 is 1.45 bits per heavy atom. The summed E-state index contributed by atoms with van der Waals surface area (Å²) in [5.41, 5.74) is 10.3. The topological polar surface area (TPSA) is 116 Å². The van der Waals surface area contributed by atoms with Crippen LogP contribution in [0.5, 0.6) is 5.75 Å². The summed E-state index contributed by atoms with van der Waals surface area (Å²) >= 11 is 0. The molecule has 0 saturated carbocycles. The molecule has 20 heavy (non-hydrogen) atoms. The second-order valence-corrected chi connectivity index (χ2v) is 4.29. The van der Waals surface area contributed by atoms with Crippen molar-refractivity contribution in [1.29, 1.82) is 0 Å². The number of benzene rings is 1. The van der Waals surface area contributed by atoms with E-state index in [9.17, 15) is 4.79 Å². The summed E-state index contributed by atoms with van der Waals surface area (Å²) in [4.78, 5) is 14.3. The third-order valence-electron chi connectivity index (χ3n) is 2.92. The van der Waals surface area contributed by atoms with Crippen LogP contribution in [0.3, 0.4) is 0 Å². The second-order valence-electron chi connectivity index (χ2n) is 4.29. The van der Waals surface area contributed by atoms with Crippen LogP contribution in [0.1, 0.15) is 6.92 Å². The molecule has 0 aliphatic carbocycles. The van der Waals surface area contributed by atoms with Gasteiger partial charge in [-0.05, 0) is 41.8 Å². The third-order valence-corrected chi connectivity index (χ3v) is 2.92. The maximum Gasteiger partial charge on any atom is 0.265 e. The van der Waals surface area contributed by atoms with Crippen molar-refractivity contribution >= 4 is 17.4 Å². The molecule has 1 unspecified atom stereocenters. The van der Waals surface area contributed by atoms with Gasteiger partial charge in [-0.3, -0.25) is 9.89 Å².